The number of anilines is 1. The van der Waals surface area contributed by atoms with Crippen molar-refractivity contribution in [2.45, 2.75) is 13.0 Å². The van der Waals surface area contributed by atoms with Gasteiger partial charge < -0.3 is 19.5 Å². The van der Waals surface area contributed by atoms with Crippen LogP contribution in [0.15, 0.2) is 36.4 Å². The summed E-state index contributed by atoms with van der Waals surface area (Å²) in [4.78, 5) is 35.2. The third-order valence-electron chi connectivity index (χ3n) is 3.66. The highest BCUT2D eigenvalue weighted by atomic mass is 35.5. The Balaban J connectivity index is 2.21. The maximum absolute atomic E-state index is 12.4. The molecular formula is C18H17ClN2O7. The third-order valence-corrected chi connectivity index (χ3v) is 3.90. The van der Waals surface area contributed by atoms with Gasteiger partial charge in [-0.2, -0.15) is 0 Å². The number of nitrogens with one attached hydrogen (secondary N) is 1. The fraction of sp³-hybridized carbons (Fsp3) is 0.222. The minimum absolute atomic E-state index is 0.0810. The summed E-state index contributed by atoms with van der Waals surface area (Å²) in [6.07, 6.45) is -1.22. The van der Waals surface area contributed by atoms with Crippen LogP contribution in [0.5, 0.6) is 11.5 Å². The zero-order valence-electron chi connectivity index (χ0n) is 15.2. The van der Waals surface area contributed by atoms with Crippen molar-refractivity contribution in [2.75, 3.05) is 19.5 Å². The molecule has 2 rings (SSSR count). The van der Waals surface area contributed by atoms with Gasteiger partial charge in [0.15, 0.2) is 17.6 Å². The number of nitro groups is 1. The minimum Gasteiger partial charge on any atom is -0.493 e. The number of nitro benzene ring substituents is 1. The summed E-state index contributed by atoms with van der Waals surface area (Å²) < 4.78 is 15.1. The second kappa shape index (κ2) is 9.05. The molecule has 0 saturated carbocycles. The van der Waals surface area contributed by atoms with E-state index in [0.717, 1.165) is 12.1 Å². The van der Waals surface area contributed by atoms with Gasteiger partial charge in [0.2, 0.25) is 0 Å². The predicted molar refractivity (Wildman–Crippen MR) is 101 cm³/mol. The number of nitrogens with zero attached hydrogens (tertiary/aromatic N) is 1. The summed E-state index contributed by atoms with van der Waals surface area (Å²) in [7, 11) is 2.63. The zero-order chi connectivity index (χ0) is 20.8. The van der Waals surface area contributed by atoms with Crippen molar-refractivity contribution in [3.8, 4) is 11.5 Å². The van der Waals surface area contributed by atoms with Gasteiger partial charge >= 0.3 is 5.97 Å². The highest BCUT2D eigenvalue weighted by Gasteiger charge is 2.28. The van der Waals surface area contributed by atoms with Crippen molar-refractivity contribution in [3.05, 3.63) is 57.1 Å². The molecule has 0 aromatic heterocycles. The van der Waals surface area contributed by atoms with Gasteiger partial charge in [-0.3, -0.25) is 14.9 Å². The van der Waals surface area contributed by atoms with Crippen LogP contribution in [0, 0.1) is 10.1 Å². The van der Waals surface area contributed by atoms with Crippen LogP contribution in [0.3, 0.4) is 0 Å². The largest absolute Gasteiger partial charge is 0.493 e. The van der Waals surface area contributed by atoms with Crippen molar-refractivity contribution in [1.82, 2.24) is 0 Å². The van der Waals surface area contributed by atoms with Crippen LogP contribution in [-0.2, 0) is 9.53 Å². The number of halogens is 1. The van der Waals surface area contributed by atoms with E-state index in [4.69, 9.17) is 25.8 Å². The van der Waals surface area contributed by atoms with E-state index >= 15 is 0 Å². The monoisotopic (exact) mass is 408 g/mol. The molecule has 2 aromatic rings. The van der Waals surface area contributed by atoms with Crippen LogP contribution in [0.2, 0.25) is 5.02 Å². The Bertz CT molecular complexity index is 917. The fourth-order valence-electron chi connectivity index (χ4n) is 2.27. The molecular weight excluding hydrogens is 392 g/mol. The molecule has 1 amide bonds. The number of amides is 1. The molecule has 0 aliphatic rings. The van der Waals surface area contributed by atoms with E-state index in [1.165, 1.54) is 27.2 Å². The molecule has 2 aromatic carbocycles. The van der Waals surface area contributed by atoms with Gasteiger partial charge in [-0.1, -0.05) is 17.7 Å². The Morgan fingerprint density at radius 2 is 1.79 bits per heavy atom. The first-order valence-electron chi connectivity index (χ1n) is 7.94. The molecule has 0 spiro atoms. The van der Waals surface area contributed by atoms with Gasteiger partial charge in [-0.25, -0.2) is 4.79 Å². The summed E-state index contributed by atoms with van der Waals surface area (Å²) in [5, 5.41) is 14.3. The lowest BCUT2D eigenvalue weighted by Crippen LogP contribution is -2.30. The third kappa shape index (κ3) is 4.89. The van der Waals surface area contributed by atoms with Gasteiger partial charge in [0.05, 0.1) is 25.2 Å². The maximum atomic E-state index is 12.4. The first-order valence-corrected chi connectivity index (χ1v) is 8.32. The molecule has 0 fully saturated rings. The molecule has 148 valence electrons. The van der Waals surface area contributed by atoms with Crippen LogP contribution in [0.4, 0.5) is 11.4 Å². The highest BCUT2D eigenvalue weighted by Crippen LogP contribution is 2.35. The Morgan fingerprint density at radius 1 is 1.14 bits per heavy atom. The average Bonchev–Trinajstić information content (AvgIpc) is 2.66. The fourth-order valence-corrected chi connectivity index (χ4v) is 2.46. The van der Waals surface area contributed by atoms with Crippen molar-refractivity contribution >= 4 is 34.9 Å². The first-order chi connectivity index (χ1) is 13.3. The maximum Gasteiger partial charge on any atom is 0.346 e. The number of rotatable bonds is 7. The van der Waals surface area contributed by atoms with E-state index in [2.05, 4.69) is 5.32 Å². The molecule has 0 heterocycles. The molecule has 0 unspecified atom stereocenters. The number of carbonyl (C=O) groups is 2. The Kier molecular flexibility index (Phi) is 6.78. The van der Waals surface area contributed by atoms with E-state index in [9.17, 15) is 19.7 Å². The normalized spacial score (nSPS) is 11.3. The Hall–Kier alpha value is -3.33. The second-order valence-electron chi connectivity index (χ2n) is 5.53. The number of hydrogen-bond acceptors (Lipinski definition) is 7. The van der Waals surface area contributed by atoms with E-state index in [1.54, 1.807) is 18.2 Å². The van der Waals surface area contributed by atoms with Gasteiger partial charge in [-0.05, 0) is 25.1 Å². The minimum atomic E-state index is -1.22. The summed E-state index contributed by atoms with van der Waals surface area (Å²) in [5.41, 5.74) is -0.493. The number of methoxy groups -OCH3 is 2. The lowest BCUT2D eigenvalue weighted by atomic mass is 10.1. The molecule has 0 aliphatic carbocycles. The topological polar surface area (TPSA) is 117 Å². The van der Waals surface area contributed by atoms with E-state index < -0.39 is 28.6 Å². The molecule has 0 saturated heterocycles. The number of carbonyl (C=O) groups excluding carboxylic acids is 2. The SMILES string of the molecule is COc1cc(C(=O)O[C@H](C)C(=O)Nc2cccc(Cl)c2)c([N+](=O)[O-])cc1OC. The molecule has 10 heteroatoms. The Labute approximate surface area is 165 Å². The molecule has 1 N–H and O–H groups in total. The van der Waals surface area contributed by atoms with E-state index in [0.29, 0.717) is 10.7 Å². The van der Waals surface area contributed by atoms with Gasteiger partial charge in [0.25, 0.3) is 11.6 Å². The number of esters is 1. The summed E-state index contributed by atoms with van der Waals surface area (Å²) >= 11 is 5.85. The van der Waals surface area contributed by atoms with Gasteiger partial charge in [-0.15, -0.1) is 0 Å². The van der Waals surface area contributed by atoms with Crippen molar-refractivity contribution in [3.63, 3.8) is 0 Å². The molecule has 0 bridgehead atoms. The van der Waals surface area contributed by atoms with Gasteiger partial charge in [0.1, 0.15) is 5.56 Å². The molecule has 0 aliphatic heterocycles. The molecule has 0 radical (unpaired) electrons. The lowest BCUT2D eigenvalue weighted by Gasteiger charge is -2.15. The number of ether oxygens (including phenoxy) is 3. The van der Waals surface area contributed by atoms with E-state index in [1.807, 2.05) is 0 Å². The average molecular weight is 409 g/mol. The molecule has 9 nitrogen and oxygen atoms in total. The molecule has 1 atom stereocenters. The smallest absolute Gasteiger partial charge is 0.346 e. The van der Waals surface area contributed by atoms with E-state index in [-0.39, 0.29) is 17.1 Å². The quantitative estimate of drug-likeness (QED) is 0.423. The van der Waals surface area contributed by atoms with Crippen LogP contribution in [0.25, 0.3) is 0 Å². The van der Waals surface area contributed by atoms with Crippen molar-refractivity contribution in [2.24, 2.45) is 0 Å². The summed E-state index contributed by atoms with van der Waals surface area (Å²) in [6, 6.07) is 8.58. The second-order valence-corrected chi connectivity index (χ2v) is 5.97. The van der Waals surface area contributed by atoms with Crippen molar-refractivity contribution < 1.29 is 28.7 Å². The predicted octanol–water partition coefficient (Wildman–Crippen LogP) is 3.45. The van der Waals surface area contributed by atoms with Crippen LogP contribution in [-0.4, -0.2) is 37.1 Å². The summed E-state index contributed by atoms with van der Waals surface area (Å²) in [6.45, 7) is 1.34. The standard InChI is InChI=1S/C18H17ClN2O7/c1-10(17(22)20-12-6-4-5-11(19)7-12)28-18(23)13-8-15(26-2)16(27-3)9-14(13)21(24)25/h4-10H,1-3H3,(H,20,22)/t10-/m1/s1. The summed E-state index contributed by atoms with van der Waals surface area (Å²) in [5.74, 6) is -1.49. The highest BCUT2D eigenvalue weighted by molar-refractivity contribution is 6.30. The van der Waals surface area contributed by atoms with Gasteiger partial charge in [0, 0.05) is 16.8 Å². The molecule has 28 heavy (non-hydrogen) atoms. The Morgan fingerprint density at radius 3 is 2.36 bits per heavy atom. The zero-order valence-corrected chi connectivity index (χ0v) is 16.0. The number of hydrogen-bond donors (Lipinski definition) is 1. The van der Waals surface area contributed by atoms with Crippen molar-refractivity contribution in [1.29, 1.82) is 0 Å². The van der Waals surface area contributed by atoms with Crippen LogP contribution < -0.4 is 14.8 Å². The lowest BCUT2D eigenvalue weighted by molar-refractivity contribution is -0.385. The number of benzene rings is 2. The van der Waals surface area contributed by atoms with Crippen LogP contribution in [0.1, 0.15) is 17.3 Å². The van der Waals surface area contributed by atoms with Crippen LogP contribution >= 0.6 is 11.6 Å². The first kappa shape index (κ1) is 21.0.